The van der Waals surface area contributed by atoms with Crippen molar-refractivity contribution in [2.24, 2.45) is 10.7 Å². The first kappa shape index (κ1) is 24.3. The number of rotatable bonds is 7. The Hall–Kier alpha value is -3.82. The molecule has 1 fully saturated rings. The van der Waals surface area contributed by atoms with E-state index in [1.165, 1.54) is 24.3 Å². The summed E-state index contributed by atoms with van der Waals surface area (Å²) in [7, 11) is 0. The van der Waals surface area contributed by atoms with Crippen LogP contribution < -0.4 is 11.1 Å². The molecule has 0 radical (unpaired) electrons. The highest BCUT2D eigenvalue weighted by atomic mass is 19.4. The van der Waals surface area contributed by atoms with Gasteiger partial charge in [0.25, 0.3) is 5.91 Å². The number of aromatic carboxylic acids is 1. The zero-order chi connectivity index (χ0) is 25.4. The largest absolute Gasteiger partial charge is 0.478 e. The van der Waals surface area contributed by atoms with Crippen molar-refractivity contribution in [1.82, 2.24) is 10.2 Å². The van der Waals surface area contributed by atoms with Gasteiger partial charge in [-0.1, -0.05) is 24.3 Å². The van der Waals surface area contributed by atoms with E-state index in [0.29, 0.717) is 37.3 Å². The second kappa shape index (κ2) is 9.09. The summed E-state index contributed by atoms with van der Waals surface area (Å²) in [5, 5.41) is 12.2. The van der Waals surface area contributed by atoms with Gasteiger partial charge in [-0.15, -0.1) is 0 Å². The van der Waals surface area contributed by atoms with Gasteiger partial charge in [0.1, 0.15) is 5.84 Å². The minimum atomic E-state index is -4.41. The maximum absolute atomic E-state index is 13.4. The first-order valence-corrected chi connectivity index (χ1v) is 11.1. The summed E-state index contributed by atoms with van der Waals surface area (Å²) in [6, 6.07) is 11.3. The van der Waals surface area contributed by atoms with Crippen LogP contribution in [0, 0.1) is 0 Å². The number of allylic oxidation sites excluding steroid dienone is 1. The molecule has 0 saturated heterocycles. The summed E-state index contributed by atoms with van der Waals surface area (Å²) in [5.74, 6) is -1.02. The van der Waals surface area contributed by atoms with Crippen molar-refractivity contribution in [1.29, 1.82) is 0 Å². The summed E-state index contributed by atoms with van der Waals surface area (Å²) < 4.78 is 38.6. The normalized spacial score (nSPS) is 17.5. The van der Waals surface area contributed by atoms with Gasteiger partial charge in [-0.3, -0.25) is 9.79 Å². The van der Waals surface area contributed by atoms with E-state index in [1.807, 2.05) is 4.90 Å². The average molecular weight is 486 g/mol. The van der Waals surface area contributed by atoms with Crippen molar-refractivity contribution in [2.45, 2.75) is 38.0 Å². The van der Waals surface area contributed by atoms with Crippen LogP contribution in [0.4, 0.5) is 13.2 Å². The molecule has 0 atom stereocenters. The number of aliphatic imine (C=N–C) groups is 1. The van der Waals surface area contributed by atoms with Crippen LogP contribution in [-0.2, 0) is 23.1 Å². The molecule has 4 N–H and O–H groups in total. The number of amides is 1. The highest BCUT2D eigenvalue weighted by Gasteiger charge is 2.46. The molecule has 1 aliphatic heterocycles. The highest BCUT2D eigenvalue weighted by Crippen LogP contribution is 2.45. The van der Waals surface area contributed by atoms with Crippen LogP contribution in [0.5, 0.6) is 0 Å². The molecule has 0 unspecified atom stereocenters. The number of hydrogen-bond donors (Lipinski definition) is 3. The average Bonchev–Trinajstić information content (AvgIpc) is 3.44. The Bertz CT molecular complexity index is 1190. The molecule has 0 aromatic heterocycles. The van der Waals surface area contributed by atoms with Crippen LogP contribution in [-0.4, -0.2) is 40.8 Å². The number of carbonyl (C=O) groups excluding carboxylic acids is 1. The van der Waals surface area contributed by atoms with Crippen LogP contribution in [0.1, 0.15) is 46.8 Å². The molecule has 7 nitrogen and oxygen atoms in total. The number of alkyl halides is 3. The number of carbonyl (C=O) groups is 2. The Kier molecular flexibility index (Phi) is 6.31. The van der Waals surface area contributed by atoms with Crippen molar-refractivity contribution >= 4 is 17.7 Å². The van der Waals surface area contributed by atoms with E-state index in [4.69, 9.17) is 10.8 Å². The summed E-state index contributed by atoms with van der Waals surface area (Å²) in [4.78, 5) is 30.8. The lowest BCUT2D eigenvalue weighted by molar-refractivity contribution is -0.137. The summed E-state index contributed by atoms with van der Waals surface area (Å²) in [6.45, 7) is 2.82. The van der Waals surface area contributed by atoms with Crippen LogP contribution in [0.3, 0.4) is 0 Å². The molecule has 2 aromatic rings. The monoisotopic (exact) mass is 486 g/mol. The van der Waals surface area contributed by atoms with Crippen LogP contribution >= 0.6 is 0 Å². The third-order valence-corrected chi connectivity index (χ3v) is 6.22. The summed E-state index contributed by atoms with van der Waals surface area (Å²) >= 11 is 0. The number of amidine groups is 1. The Balaban J connectivity index is 1.50. The minimum absolute atomic E-state index is 0.161. The number of nitrogens with two attached hydrogens (primary N) is 1. The fourth-order valence-corrected chi connectivity index (χ4v) is 4.17. The van der Waals surface area contributed by atoms with E-state index < -0.39 is 29.2 Å². The van der Waals surface area contributed by atoms with Gasteiger partial charge in [0.2, 0.25) is 0 Å². The van der Waals surface area contributed by atoms with Crippen molar-refractivity contribution < 1.29 is 27.9 Å². The Morgan fingerprint density at radius 1 is 1.11 bits per heavy atom. The van der Waals surface area contributed by atoms with Gasteiger partial charge in [-0.2, -0.15) is 13.2 Å². The highest BCUT2D eigenvalue weighted by molar-refractivity contribution is 6.21. The lowest BCUT2D eigenvalue weighted by Crippen LogP contribution is -2.41. The predicted octanol–water partition coefficient (Wildman–Crippen LogP) is 3.66. The molecular formula is C25H25F3N4O3. The number of nitrogens with zero attached hydrogens (tertiary/aromatic N) is 2. The summed E-state index contributed by atoms with van der Waals surface area (Å²) in [6.07, 6.45) is -3.01. The van der Waals surface area contributed by atoms with Gasteiger partial charge in [0.15, 0.2) is 0 Å². The Labute approximate surface area is 200 Å². The number of benzene rings is 2. The van der Waals surface area contributed by atoms with Gasteiger partial charge in [-0.05, 0) is 55.2 Å². The van der Waals surface area contributed by atoms with Gasteiger partial charge in [0.05, 0.1) is 28.8 Å². The van der Waals surface area contributed by atoms with Gasteiger partial charge >= 0.3 is 12.1 Å². The first-order chi connectivity index (χ1) is 16.5. The van der Waals surface area contributed by atoms with Crippen LogP contribution in [0.25, 0.3) is 0 Å². The van der Waals surface area contributed by atoms with E-state index in [-0.39, 0.29) is 23.4 Å². The Morgan fingerprint density at radius 3 is 2.26 bits per heavy atom. The smallest absolute Gasteiger partial charge is 0.416 e. The second-order valence-corrected chi connectivity index (χ2v) is 8.80. The standard InChI is InChI=1S/C25H25F3N4O3/c1-15(29)20(22(33)31-24(10-11-24)18-8-4-17(5-9-18)23(34)35)21-30-12-13-32(21)14-16-2-6-19(7-3-16)25(26,27)28/h2-9H,10-14,29H2,1H3,(H,31,33)(H,34,35). The molecule has 35 heavy (non-hydrogen) atoms. The molecule has 0 bridgehead atoms. The van der Waals surface area contributed by atoms with Crippen molar-refractivity contribution in [3.8, 4) is 0 Å². The van der Waals surface area contributed by atoms with Crippen molar-refractivity contribution in [2.75, 3.05) is 13.1 Å². The molecule has 10 heteroatoms. The maximum Gasteiger partial charge on any atom is 0.416 e. The van der Waals surface area contributed by atoms with Crippen LogP contribution in [0.2, 0.25) is 0 Å². The lowest BCUT2D eigenvalue weighted by Gasteiger charge is -2.25. The van der Waals surface area contributed by atoms with E-state index in [1.54, 1.807) is 19.1 Å². The maximum atomic E-state index is 13.4. The fourth-order valence-electron chi connectivity index (χ4n) is 4.17. The molecule has 2 aliphatic rings. The summed E-state index contributed by atoms with van der Waals surface area (Å²) in [5.41, 5.74) is 6.88. The van der Waals surface area contributed by atoms with Crippen molar-refractivity contribution in [3.63, 3.8) is 0 Å². The Morgan fingerprint density at radius 2 is 1.74 bits per heavy atom. The number of halogens is 3. The second-order valence-electron chi connectivity index (χ2n) is 8.80. The molecule has 0 spiro atoms. The quantitative estimate of drug-likeness (QED) is 0.518. The number of nitrogens with one attached hydrogen (secondary N) is 1. The van der Waals surface area contributed by atoms with Crippen LogP contribution in [0.15, 0.2) is 64.8 Å². The number of hydrogen-bond acceptors (Lipinski definition) is 5. The fraction of sp³-hybridized carbons (Fsp3) is 0.320. The molecule has 1 aliphatic carbocycles. The van der Waals surface area contributed by atoms with Gasteiger partial charge in [0, 0.05) is 18.8 Å². The topological polar surface area (TPSA) is 108 Å². The minimum Gasteiger partial charge on any atom is -0.478 e. The lowest BCUT2D eigenvalue weighted by atomic mass is 10.0. The van der Waals surface area contributed by atoms with E-state index in [0.717, 1.165) is 17.7 Å². The van der Waals surface area contributed by atoms with E-state index in [2.05, 4.69) is 10.3 Å². The number of carboxylic acids is 1. The zero-order valence-electron chi connectivity index (χ0n) is 19.0. The zero-order valence-corrected chi connectivity index (χ0v) is 19.0. The predicted molar refractivity (Wildman–Crippen MR) is 123 cm³/mol. The molecule has 4 rings (SSSR count). The third kappa shape index (κ3) is 5.16. The molecule has 1 amide bonds. The SMILES string of the molecule is CC(N)=C(C(=O)NC1(c2ccc(C(=O)O)cc2)CC1)C1=NCCN1Cc1ccc(C(F)(F)F)cc1. The van der Waals surface area contributed by atoms with E-state index in [9.17, 15) is 22.8 Å². The third-order valence-electron chi connectivity index (χ3n) is 6.22. The molecule has 1 heterocycles. The van der Waals surface area contributed by atoms with Crippen molar-refractivity contribution in [3.05, 3.63) is 82.1 Å². The van der Waals surface area contributed by atoms with Gasteiger partial charge < -0.3 is 21.1 Å². The van der Waals surface area contributed by atoms with E-state index >= 15 is 0 Å². The molecule has 184 valence electrons. The first-order valence-electron chi connectivity index (χ1n) is 11.1. The molecular weight excluding hydrogens is 461 g/mol. The number of carboxylic acid groups (broad SMARTS) is 1. The van der Waals surface area contributed by atoms with Gasteiger partial charge in [-0.25, -0.2) is 4.79 Å². The molecule has 1 saturated carbocycles. The molecule has 2 aromatic carbocycles.